The highest BCUT2D eigenvalue weighted by Crippen LogP contribution is 2.28. The van der Waals surface area contributed by atoms with Gasteiger partial charge in [-0.05, 0) is 48.5 Å². The number of hydrogen-bond donors (Lipinski definition) is 1. The standard InChI is InChI=1S/C12H10S.C7H5F3O4S/c1-3-7-11(8-4-1)13-12-9-5-2-6-10-12;8-7(9,10)15(12,13)14-6-3-1-5(11)2-4-6/h1-10H;1-4,11H. The lowest BCUT2D eigenvalue weighted by Gasteiger charge is -2.08. The highest BCUT2D eigenvalue weighted by Gasteiger charge is 2.48. The molecule has 28 heavy (non-hydrogen) atoms. The first kappa shape index (κ1) is 21.6. The summed E-state index contributed by atoms with van der Waals surface area (Å²) in [5.41, 5.74) is -5.47. The molecule has 0 aliphatic rings. The van der Waals surface area contributed by atoms with Crippen LogP contribution >= 0.6 is 11.8 Å². The normalized spacial score (nSPS) is 11.2. The number of phenolic OH excluding ortho intramolecular Hbond substituents is 1. The van der Waals surface area contributed by atoms with Crippen molar-refractivity contribution in [3.8, 4) is 11.5 Å². The summed E-state index contributed by atoms with van der Waals surface area (Å²) >= 11 is 1.79. The van der Waals surface area contributed by atoms with Gasteiger partial charge in [0.25, 0.3) is 0 Å². The van der Waals surface area contributed by atoms with Crippen LogP contribution in [0.3, 0.4) is 0 Å². The number of alkyl halides is 3. The van der Waals surface area contributed by atoms with Crippen molar-refractivity contribution in [3.63, 3.8) is 0 Å². The van der Waals surface area contributed by atoms with Crippen LogP contribution < -0.4 is 4.18 Å². The van der Waals surface area contributed by atoms with Gasteiger partial charge in [-0.15, -0.1) is 0 Å². The molecule has 148 valence electrons. The van der Waals surface area contributed by atoms with Crippen molar-refractivity contribution in [3.05, 3.63) is 84.9 Å². The first-order valence-electron chi connectivity index (χ1n) is 7.75. The van der Waals surface area contributed by atoms with Gasteiger partial charge in [0.1, 0.15) is 11.5 Å². The van der Waals surface area contributed by atoms with Crippen molar-refractivity contribution in [2.75, 3.05) is 0 Å². The molecule has 0 unspecified atom stereocenters. The van der Waals surface area contributed by atoms with Crippen LogP contribution in [0.4, 0.5) is 13.2 Å². The van der Waals surface area contributed by atoms with E-state index >= 15 is 0 Å². The van der Waals surface area contributed by atoms with Crippen LogP contribution in [0, 0.1) is 0 Å². The number of aromatic hydroxyl groups is 1. The van der Waals surface area contributed by atoms with Crippen molar-refractivity contribution in [2.24, 2.45) is 0 Å². The number of phenols is 1. The lowest BCUT2D eigenvalue weighted by Crippen LogP contribution is -2.27. The quantitative estimate of drug-likeness (QED) is 0.442. The van der Waals surface area contributed by atoms with E-state index in [1.165, 1.54) is 9.79 Å². The average molecular weight is 428 g/mol. The largest absolute Gasteiger partial charge is 0.534 e. The minimum Gasteiger partial charge on any atom is -0.508 e. The highest BCUT2D eigenvalue weighted by atomic mass is 32.2. The molecule has 0 aromatic heterocycles. The lowest BCUT2D eigenvalue weighted by atomic mass is 10.3. The van der Waals surface area contributed by atoms with E-state index in [9.17, 15) is 21.6 Å². The molecule has 3 aromatic carbocycles. The molecule has 0 spiro atoms. The van der Waals surface area contributed by atoms with Gasteiger partial charge in [-0.1, -0.05) is 48.2 Å². The van der Waals surface area contributed by atoms with E-state index in [2.05, 4.69) is 52.7 Å². The van der Waals surface area contributed by atoms with Crippen molar-refractivity contribution in [2.45, 2.75) is 15.3 Å². The molecule has 0 saturated carbocycles. The van der Waals surface area contributed by atoms with Crippen molar-refractivity contribution in [1.29, 1.82) is 0 Å². The summed E-state index contributed by atoms with van der Waals surface area (Å²) in [5.74, 6) is -0.739. The smallest absolute Gasteiger partial charge is 0.508 e. The number of hydrogen-bond acceptors (Lipinski definition) is 5. The monoisotopic (exact) mass is 428 g/mol. The molecule has 0 heterocycles. The van der Waals surface area contributed by atoms with Gasteiger partial charge in [-0.25, -0.2) is 0 Å². The summed E-state index contributed by atoms with van der Waals surface area (Å²) < 4.78 is 60.3. The SMILES string of the molecule is O=S(=O)(Oc1ccc(O)cc1)C(F)(F)F.c1ccc(Sc2ccccc2)cc1. The molecule has 0 saturated heterocycles. The van der Waals surface area contributed by atoms with E-state index in [0.717, 1.165) is 24.3 Å². The third-order valence-electron chi connectivity index (χ3n) is 3.05. The van der Waals surface area contributed by atoms with Crippen molar-refractivity contribution in [1.82, 2.24) is 0 Å². The van der Waals surface area contributed by atoms with Gasteiger partial charge in [0.15, 0.2) is 0 Å². The molecular weight excluding hydrogens is 413 g/mol. The van der Waals surface area contributed by atoms with Gasteiger partial charge in [0.05, 0.1) is 0 Å². The Hall–Kier alpha value is -2.65. The van der Waals surface area contributed by atoms with Gasteiger partial charge >= 0.3 is 15.6 Å². The minimum atomic E-state index is -5.65. The molecule has 0 aliphatic heterocycles. The van der Waals surface area contributed by atoms with E-state index in [1.54, 1.807) is 11.8 Å². The second-order valence-electron chi connectivity index (χ2n) is 5.21. The predicted octanol–water partition coefficient (Wildman–Crippen LogP) is 5.46. The fraction of sp³-hybridized carbons (Fsp3) is 0.0526. The van der Waals surface area contributed by atoms with Crippen LogP contribution in [0.15, 0.2) is 94.7 Å². The van der Waals surface area contributed by atoms with Gasteiger partial charge in [-0.2, -0.15) is 21.6 Å². The van der Waals surface area contributed by atoms with Crippen LogP contribution in [0.5, 0.6) is 11.5 Å². The topological polar surface area (TPSA) is 63.6 Å². The third-order valence-corrected chi connectivity index (χ3v) is 5.04. The van der Waals surface area contributed by atoms with Crippen LogP contribution in [-0.4, -0.2) is 19.0 Å². The number of rotatable bonds is 4. The Morgan fingerprint density at radius 1 is 0.750 bits per heavy atom. The molecule has 3 aromatic rings. The first-order valence-corrected chi connectivity index (χ1v) is 9.97. The van der Waals surface area contributed by atoms with E-state index in [1.807, 2.05) is 12.1 Å². The molecule has 0 bridgehead atoms. The van der Waals surface area contributed by atoms with Gasteiger partial charge < -0.3 is 9.29 Å². The summed E-state index contributed by atoms with van der Waals surface area (Å²) in [6, 6.07) is 24.6. The molecule has 4 nitrogen and oxygen atoms in total. The summed E-state index contributed by atoms with van der Waals surface area (Å²) in [7, 11) is -5.65. The highest BCUT2D eigenvalue weighted by molar-refractivity contribution is 7.99. The van der Waals surface area contributed by atoms with Gasteiger partial charge in [0, 0.05) is 9.79 Å². The Kier molecular flexibility index (Phi) is 7.36. The Morgan fingerprint density at radius 3 is 1.57 bits per heavy atom. The second kappa shape index (κ2) is 9.52. The van der Waals surface area contributed by atoms with E-state index in [-0.39, 0.29) is 5.75 Å². The molecule has 0 fully saturated rings. The molecular formula is C19H15F3O4S2. The molecule has 0 radical (unpaired) electrons. The maximum Gasteiger partial charge on any atom is 0.534 e. The van der Waals surface area contributed by atoms with Crippen LogP contribution in [0.1, 0.15) is 0 Å². The van der Waals surface area contributed by atoms with Crippen molar-refractivity contribution >= 4 is 21.9 Å². The fourth-order valence-electron chi connectivity index (χ4n) is 1.79. The third kappa shape index (κ3) is 6.82. The first-order chi connectivity index (χ1) is 13.2. The summed E-state index contributed by atoms with van der Waals surface area (Å²) in [6.45, 7) is 0. The molecule has 1 N–H and O–H groups in total. The Balaban J connectivity index is 0.000000202. The van der Waals surface area contributed by atoms with Gasteiger partial charge in [-0.3, -0.25) is 0 Å². The molecule has 0 amide bonds. The van der Waals surface area contributed by atoms with Crippen LogP contribution in [0.25, 0.3) is 0 Å². The Morgan fingerprint density at radius 2 is 1.18 bits per heavy atom. The Labute approximate surface area is 164 Å². The molecule has 3 rings (SSSR count). The summed E-state index contributed by atoms with van der Waals surface area (Å²) in [5, 5.41) is 8.79. The average Bonchev–Trinajstić information content (AvgIpc) is 2.65. The fourth-order valence-corrected chi connectivity index (χ4v) is 3.11. The zero-order chi connectivity index (χ0) is 20.6. The van der Waals surface area contributed by atoms with E-state index < -0.39 is 21.4 Å². The van der Waals surface area contributed by atoms with E-state index in [4.69, 9.17) is 5.11 Å². The Bertz CT molecular complexity index is 922. The van der Waals surface area contributed by atoms with E-state index in [0.29, 0.717) is 0 Å². The number of halogens is 3. The summed E-state index contributed by atoms with van der Waals surface area (Å²) in [6.07, 6.45) is 0. The zero-order valence-electron chi connectivity index (χ0n) is 14.2. The molecule has 0 aliphatic carbocycles. The maximum absolute atomic E-state index is 11.8. The van der Waals surface area contributed by atoms with Crippen molar-refractivity contribution < 1.29 is 30.9 Å². The van der Waals surface area contributed by atoms with Crippen LogP contribution in [0.2, 0.25) is 0 Å². The zero-order valence-corrected chi connectivity index (χ0v) is 15.8. The molecule has 0 atom stereocenters. The maximum atomic E-state index is 11.8. The predicted molar refractivity (Wildman–Crippen MR) is 101 cm³/mol. The number of benzene rings is 3. The second-order valence-corrected chi connectivity index (χ2v) is 7.89. The lowest BCUT2D eigenvalue weighted by molar-refractivity contribution is -0.0500. The van der Waals surface area contributed by atoms with Crippen LogP contribution in [-0.2, 0) is 10.1 Å². The minimum absolute atomic E-state index is 0.216. The molecule has 9 heteroatoms. The summed E-state index contributed by atoms with van der Waals surface area (Å²) in [4.78, 5) is 2.57. The van der Waals surface area contributed by atoms with Gasteiger partial charge in [0.2, 0.25) is 0 Å².